The van der Waals surface area contributed by atoms with Gasteiger partial charge in [0.25, 0.3) is 0 Å². The molecule has 2 aliphatic heterocycles. The van der Waals surface area contributed by atoms with E-state index in [1.54, 1.807) is 9.80 Å². The third kappa shape index (κ3) is 4.58. The smallest absolute Gasteiger partial charge is 0.321 e. The summed E-state index contributed by atoms with van der Waals surface area (Å²) in [5.41, 5.74) is 0. The van der Waals surface area contributed by atoms with Gasteiger partial charge in [-0.25, -0.2) is 4.21 Å². The van der Waals surface area contributed by atoms with Gasteiger partial charge in [0.1, 0.15) is 0 Å². The van der Waals surface area contributed by atoms with Gasteiger partial charge in [-0.1, -0.05) is 39.5 Å². The molecule has 0 radical (unpaired) electrons. The Labute approximate surface area is 148 Å². The van der Waals surface area contributed by atoms with Crippen molar-refractivity contribution in [3.8, 4) is 0 Å². The molecule has 0 spiro atoms. The van der Waals surface area contributed by atoms with Crippen LogP contribution in [-0.4, -0.2) is 49.7 Å². The van der Waals surface area contributed by atoms with E-state index in [4.69, 9.17) is 0 Å². The number of hydrogen-bond acceptors (Lipinski definition) is 3. The van der Waals surface area contributed by atoms with Crippen LogP contribution in [0.3, 0.4) is 0 Å². The topological polar surface area (TPSA) is 57.7 Å². The van der Waals surface area contributed by atoms with Gasteiger partial charge in [-0.3, -0.25) is 9.59 Å². The van der Waals surface area contributed by atoms with Gasteiger partial charge in [0.05, 0.1) is 0 Å². The molecule has 0 saturated carbocycles. The van der Waals surface area contributed by atoms with Crippen molar-refractivity contribution in [1.29, 1.82) is 0 Å². The van der Waals surface area contributed by atoms with Crippen LogP contribution in [0.1, 0.15) is 78.1 Å². The van der Waals surface area contributed by atoms with Gasteiger partial charge < -0.3 is 9.80 Å². The van der Waals surface area contributed by atoms with Crippen LogP contribution in [-0.2, 0) is 10.8 Å². The largest absolute Gasteiger partial charge is 0.328 e. The maximum absolute atomic E-state index is 12.8. The normalized spacial score (nSPS) is 26.1. The molecule has 2 amide bonds. The van der Waals surface area contributed by atoms with Crippen molar-refractivity contribution in [2.75, 3.05) is 13.1 Å². The van der Waals surface area contributed by atoms with Crippen LogP contribution in [0.2, 0.25) is 0 Å². The van der Waals surface area contributed by atoms with Crippen molar-refractivity contribution in [3.05, 3.63) is 0 Å². The highest BCUT2D eigenvalue weighted by molar-refractivity contribution is 8.13. The van der Waals surface area contributed by atoms with Gasteiger partial charge in [0, 0.05) is 25.2 Å². The highest BCUT2D eigenvalue weighted by Gasteiger charge is 2.36. The van der Waals surface area contributed by atoms with Crippen LogP contribution in [0.15, 0.2) is 0 Å². The molecule has 0 aromatic carbocycles. The van der Waals surface area contributed by atoms with Crippen LogP contribution in [0.4, 0.5) is 9.59 Å². The van der Waals surface area contributed by atoms with Crippen molar-refractivity contribution < 1.29 is 13.8 Å². The van der Waals surface area contributed by atoms with Crippen LogP contribution >= 0.6 is 0 Å². The molecule has 0 aliphatic carbocycles. The van der Waals surface area contributed by atoms with Gasteiger partial charge in [-0.05, 0) is 38.5 Å². The van der Waals surface area contributed by atoms with Gasteiger partial charge in [-0.2, -0.15) is 0 Å². The lowest BCUT2D eigenvalue weighted by Gasteiger charge is -2.31. The molecule has 2 heterocycles. The predicted molar refractivity (Wildman–Crippen MR) is 97.4 cm³/mol. The minimum atomic E-state index is -2.09. The van der Waals surface area contributed by atoms with Crippen molar-refractivity contribution in [1.82, 2.24) is 9.80 Å². The summed E-state index contributed by atoms with van der Waals surface area (Å²) in [5.74, 6) is 0. The Hall–Kier alpha value is -0.910. The lowest BCUT2D eigenvalue weighted by molar-refractivity contribution is 0.191. The summed E-state index contributed by atoms with van der Waals surface area (Å²) in [7, 11) is -2.09. The number of nitrogens with zero attached hydrogens (tertiary/aromatic N) is 2. The molecular weight excluding hydrogens is 324 g/mol. The van der Waals surface area contributed by atoms with E-state index >= 15 is 0 Å². The SMILES string of the molecule is CC[C@H]1CCCCCN1C(=O)S(=O)C(=O)N1CCCCC[C@@H]1CC. The minimum Gasteiger partial charge on any atom is -0.328 e. The van der Waals surface area contributed by atoms with E-state index in [0.29, 0.717) is 13.1 Å². The average molecular weight is 357 g/mol. The number of hydrogen-bond donors (Lipinski definition) is 0. The van der Waals surface area contributed by atoms with Crippen LogP contribution in [0, 0.1) is 0 Å². The molecule has 2 rings (SSSR count). The third-order valence-corrected chi connectivity index (χ3v) is 6.59. The second-order valence-electron chi connectivity index (χ2n) is 7.01. The van der Waals surface area contributed by atoms with Crippen molar-refractivity contribution in [2.24, 2.45) is 0 Å². The maximum Gasteiger partial charge on any atom is 0.321 e. The molecule has 0 aromatic heterocycles. The highest BCUT2D eigenvalue weighted by atomic mass is 32.2. The average Bonchev–Trinajstić information content (AvgIpc) is 2.99. The van der Waals surface area contributed by atoms with Crippen molar-refractivity contribution in [3.63, 3.8) is 0 Å². The number of carbonyl (C=O) groups is 2. The zero-order valence-electron chi connectivity index (χ0n) is 15.2. The first kappa shape index (κ1) is 19.4. The van der Waals surface area contributed by atoms with E-state index in [9.17, 15) is 13.8 Å². The van der Waals surface area contributed by atoms with Crippen LogP contribution in [0.5, 0.6) is 0 Å². The van der Waals surface area contributed by atoms with E-state index in [-0.39, 0.29) is 12.1 Å². The fraction of sp³-hybridized carbons (Fsp3) is 0.889. The third-order valence-electron chi connectivity index (χ3n) is 5.48. The molecule has 5 nitrogen and oxygen atoms in total. The van der Waals surface area contributed by atoms with E-state index < -0.39 is 21.3 Å². The summed E-state index contributed by atoms with van der Waals surface area (Å²) in [6, 6.07) is 0.255. The Morgan fingerprint density at radius 1 is 0.792 bits per heavy atom. The first-order valence-corrected chi connectivity index (χ1v) is 10.8. The molecule has 24 heavy (non-hydrogen) atoms. The monoisotopic (exact) mass is 356 g/mol. The van der Waals surface area contributed by atoms with Crippen molar-refractivity contribution >= 4 is 21.3 Å². The number of rotatable bonds is 2. The van der Waals surface area contributed by atoms with Gasteiger partial charge in [-0.15, -0.1) is 0 Å². The summed E-state index contributed by atoms with van der Waals surface area (Å²) in [4.78, 5) is 29.0. The highest BCUT2D eigenvalue weighted by Crippen LogP contribution is 2.24. The Bertz CT molecular complexity index is 429. The lowest BCUT2D eigenvalue weighted by atomic mass is 10.1. The summed E-state index contributed by atoms with van der Waals surface area (Å²) in [6.07, 6.45) is 9.92. The van der Waals surface area contributed by atoms with Crippen molar-refractivity contribution in [2.45, 2.75) is 90.1 Å². The second-order valence-corrected chi connectivity index (χ2v) is 8.25. The van der Waals surface area contributed by atoms with Crippen LogP contribution < -0.4 is 0 Å². The molecule has 0 bridgehead atoms. The fourth-order valence-corrected chi connectivity index (χ4v) is 5.03. The zero-order chi connectivity index (χ0) is 17.5. The second kappa shape index (κ2) is 9.54. The Morgan fingerprint density at radius 2 is 1.21 bits per heavy atom. The maximum atomic E-state index is 12.8. The molecule has 138 valence electrons. The molecule has 0 unspecified atom stereocenters. The number of amides is 2. The molecule has 2 saturated heterocycles. The molecule has 0 aromatic rings. The van der Waals surface area contributed by atoms with Crippen LogP contribution in [0.25, 0.3) is 0 Å². The molecule has 6 heteroatoms. The summed E-state index contributed by atoms with van der Waals surface area (Å²) in [5, 5.41) is -0.930. The summed E-state index contributed by atoms with van der Waals surface area (Å²) in [6.45, 7) is 5.38. The molecule has 2 fully saturated rings. The Kier molecular flexibility index (Phi) is 7.72. The van der Waals surface area contributed by atoms with E-state index in [1.807, 2.05) is 0 Å². The zero-order valence-corrected chi connectivity index (χ0v) is 16.0. The number of likely N-dealkylation sites (tertiary alicyclic amines) is 2. The quantitative estimate of drug-likeness (QED) is 0.742. The Balaban J connectivity index is 2.10. The molecule has 2 atom stereocenters. The first-order valence-electron chi connectivity index (χ1n) is 9.63. The fourth-order valence-electron chi connectivity index (χ4n) is 3.97. The molecule has 2 aliphatic rings. The van der Waals surface area contributed by atoms with E-state index in [0.717, 1.165) is 64.2 Å². The Morgan fingerprint density at radius 3 is 1.58 bits per heavy atom. The summed E-state index contributed by atoms with van der Waals surface area (Å²) < 4.78 is 12.7. The number of carbonyl (C=O) groups excluding carboxylic acids is 2. The van der Waals surface area contributed by atoms with Gasteiger partial charge in [0.15, 0.2) is 0 Å². The van der Waals surface area contributed by atoms with E-state index in [2.05, 4.69) is 13.8 Å². The molecule has 0 N–H and O–H groups in total. The van der Waals surface area contributed by atoms with Gasteiger partial charge in [0.2, 0.25) is 10.8 Å². The standard InChI is InChI=1S/C18H32N2O3S/c1-3-15-11-7-5-9-13-19(15)17(21)24(23)18(22)20-14-10-6-8-12-16(20)4-2/h15-16H,3-14H2,1-2H3/t15-,16-/m0/s1. The first-order chi connectivity index (χ1) is 11.6. The molecular formula is C18H32N2O3S. The predicted octanol–water partition coefficient (Wildman–Crippen LogP) is 4.28. The van der Waals surface area contributed by atoms with Gasteiger partial charge >= 0.3 is 10.5 Å². The summed E-state index contributed by atoms with van der Waals surface area (Å²) >= 11 is 0. The minimum absolute atomic E-state index is 0.128. The van der Waals surface area contributed by atoms with E-state index in [1.165, 1.54) is 0 Å². The lowest BCUT2D eigenvalue weighted by Crippen LogP contribution is -2.47.